The smallest absolute Gasteiger partial charge is 0.150 e. The Kier molecular flexibility index (Phi) is 3.29. The van der Waals surface area contributed by atoms with Crippen LogP contribution in [-0.2, 0) is 4.79 Å². The molecule has 0 amide bonds. The molecular weight excluding hydrogens is 326 g/mol. The molecule has 5 nitrogen and oxygen atoms in total. The number of hydrogen-bond donors (Lipinski definition) is 1. The zero-order chi connectivity index (χ0) is 18.1. The molecule has 4 aliphatic rings. The third kappa shape index (κ3) is 1.98. The minimum Gasteiger partial charge on any atom is -0.506 e. The van der Waals surface area contributed by atoms with Crippen LogP contribution < -0.4 is 0 Å². The van der Waals surface area contributed by atoms with Crippen molar-refractivity contribution in [3.05, 3.63) is 36.0 Å². The summed E-state index contributed by atoms with van der Waals surface area (Å²) in [5.74, 6) is 0.706. The molecule has 4 saturated heterocycles. The highest BCUT2D eigenvalue weighted by Crippen LogP contribution is 2.54. The summed E-state index contributed by atoms with van der Waals surface area (Å²) < 4.78 is 0. The van der Waals surface area contributed by atoms with E-state index < -0.39 is 0 Å². The highest BCUT2D eigenvalue weighted by Gasteiger charge is 2.63. The first-order valence-electron chi connectivity index (χ1n) is 9.57. The van der Waals surface area contributed by atoms with Crippen molar-refractivity contribution >= 4 is 16.7 Å². The fourth-order valence-corrected chi connectivity index (χ4v) is 5.94. The van der Waals surface area contributed by atoms with Gasteiger partial charge in [-0.25, -0.2) is 0 Å². The SMILES string of the molecule is CCCC12CN3CC(C)(CN(C1)C3c1ccc(O)c3ncccc13)C2=O. The highest BCUT2D eigenvalue weighted by atomic mass is 16.3. The van der Waals surface area contributed by atoms with Gasteiger partial charge in [-0.2, -0.15) is 0 Å². The number of piperidine rings is 2. The molecule has 1 aromatic heterocycles. The monoisotopic (exact) mass is 351 g/mol. The van der Waals surface area contributed by atoms with Crippen molar-refractivity contribution < 1.29 is 9.90 Å². The van der Waals surface area contributed by atoms with Crippen LogP contribution >= 0.6 is 0 Å². The molecule has 0 aliphatic carbocycles. The van der Waals surface area contributed by atoms with Crippen LogP contribution in [0.2, 0.25) is 0 Å². The van der Waals surface area contributed by atoms with Crippen LogP contribution in [0.25, 0.3) is 10.9 Å². The van der Waals surface area contributed by atoms with Gasteiger partial charge in [-0.15, -0.1) is 0 Å². The number of carbonyl (C=O) groups is 1. The number of rotatable bonds is 3. The van der Waals surface area contributed by atoms with Crippen molar-refractivity contribution in [1.82, 2.24) is 14.8 Å². The zero-order valence-electron chi connectivity index (χ0n) is 15.4. The van der Waals surface area contributed by atoms with Crippen molar-refractivity contribution in [1.29, 1.82) is 0 Å². The summed E-state index contributed by atoms with van der Waals surface area (Å²) in [4.78, 5) is 22.6. The van der Waals surface area contributed by atoms with Gasteiger partial charge >= 0.3 is 0 Å². The molecule has 5 heteroatoms. The second kappa shape index (κ2) is 5.27. The van der Waals surface area contributed by atoms with E-state index >= 15 is 0 Å². The first-order chi connectivity index (χ1) is 12.5. The standard InChI is InChI=1S/C21H25N3O2/c1-3-8-21-12-23-10-20(2,19(21)26)11-24(13-21)18(23)15-6-7-16(25)17-14(15)5-4-9-22-17/h4-7,9,18,25H,3,8,10-13H2,1-2H3. The number of phenols is 1. The molecule has 2 aromatic rings. The summed E-state index contributed by atoms with van der Waals surface area (Å²) >= 11 is 0. The number of benzene rings is 1. The van der Waals surface area contributed by atoms with Crippen molar-refractivity contribution in [3.63, 3.8) is 0 Å². The molecule has 1 N–H and O–H groups in total. The van der Waals surface area contributed by atoms with Crippen LogP contribution in [0.15, 0.2) is 30.5 Å². The second-order valence-electron chi connectivity index (χ2n) is 8.68. The largest absolute Gasteiger partial charge is 0.506 e. The van der Waals surface area contributed by atoms with E-state index in [1.54, 1.807) is 12.3 Å². The molecule has 0 radical (unpaired) electrons. The first-order valence-corrected chi connectivity index (χ1v) is 9.57. The quantitative estimate of drug-likeness (QED) is 0.921. The molecule has 136 valence electrons. The van der Waals surface area contributed by atoms with E-state index in [1.165, 1.54) is 5.56 Å². The highest BCUT2D eigenvalue weighted by molar-refractivity contribution is 5.93. The molecule has 4 fully saturated rings. The van der Waals surface area contributed by atoms with Crippen LogP contribution in [0.3, 0.4) is 0 Å². The molecule has 2 atom stereocenters. The molecule has 4 aliphatic heterocycles. The number of phenolic OH excluding ortho intramolecular Hbond substituents is 1. The van der Waals surface area contributed by atoms with Crippen LogP contribution in [0.5, 0.6) is 5.75 Å². The minimum absolute atomic E-state index is 0.161. The molecule has 26 heavy (non-hydrogen) atoms. The van der Waals surface area contributed by atoms with Crippen LogP contribution in [0, 0.1) is 10.8 Å². The van der Waals surface area contributed by atoms with E-state index in [0.29, 0.717) is 11.3 Å². The molecule has 1 aromatic carbocycles. The Hall–Kier alpha value is -1.98. The van der Waals surface area contributed by atoms with Gasteiger partial charge in [0.2, 0.25) is 0 Å². The van der Waals surface area contributed by atoms with Crippen molar-refractivity contribution in [2.75, 3.05) is 26.2 Å². The minimum atomic E-state index is -0.257. The summed E-state index contributed by atoms with van der Waals surface area (Å²) in [6.45, 7) is 7.65. The van der Waals surface area contributed by atoms with Gasteiger partial charge in [0.25, 0.3) is 0 Å². The van der Waals surface area contributed by atoms with Crippen LogP contribution in [0.1, 0.15) is 38.4 Å². The van der Waals surface area contributed by atoms with Crippen molar-refractivity contribution in [2.45, 2.75) is 32.9 Å². The lowest BCUT2D eigenvalue weighted by Crippen LogP contribution is -2.76. The Balaban J connectivity index is 1.62. The molecule has 6 rings (SSSR count). The topological polar surface area (TPSA) is 56.7 Å². The van der Waals surface area contributed by atoms with Gasteiger partial charge in [-0.3, -0.25) is 19.6 Å². The molecule has 0 spiro atoms. The van der Waals surface area contributed by atoms with Crippen LogP contribution in [-0.4, -0.2) is 51.9 Å². The van der Waals surface area contributed by atoms with E-state index in [-0.39, 0.29) is 22.7 Å². The van der Waals surface area contributed by atoms with Gasteiger partial charge in [0.15, 0.2) is 0 Å². The number of nitrogens with zero attached hydrogens (tertiary/aromatic N) is 3. The van der Waals surface area contributed by atoms with Gasteiger partial charge < -0.3 is 5.11 Å². The predicted molar refractivity (Wildman–Crippen MR) is 99.7 cm³/mol. The number of aromatic hydroxyl groups is 1. The fraction of sp³-hybridized carbons (Fsp3) is 0.524. The van der Waals surface area contributed by atoms with Crippen LogP contribution in [0.4, 0.5) is 0 Å². The average molecular weight is 351 g/mol. The Morgan fingerprint density at radius 2 is 1.92 bits per heavy atom. The van der Waals surface area contributed by atoms with Crippen molar-refractivity contribution in [3.8, 4) is 5.75 Å². The van der Waals surface area contributed by atoms with E-state index in [0.717, 1.165) is 44.4 Å². The summed E-state index contributed by atoms with van der Waals surface area (Å²) in [5, 5.41) is 11.2. The number of aromatic nitrogens is 1. The predicted octanol–water partition coefficient (Wildman–Crippen LogP) is 2.95. The molecular formula is C21H25N3O2. The second-order valence-corrected chi connectivity index (χ2v) is 8.68. The number of pyridine rings is 1. The molecule has 2 unspecified atom stereocenters. The van der Waals surface area contributed by atoms with Crippen molar-refractivity contribution in [2.24, 2.45) is 10.8 Å². The maximum Gasteiger partial charge on any atom is 0.150 e. The number of hydrogen-bond acceptors (Lipinski definition) is 5. The van der Waals surface area contributed by atoms with E-state index in [9.17, 15) is 9.90 Å². The van der Waals surface area contributed by atoms with E-state index in [4.69, 9.17) is 0 Å². The lowest BCUT2D eigenvalue weighted by Gasteiger charge is -2.65. The Morgan fingerprint density at radius 3 is 2.62 bits per heavy atom. The van der Waals surface area contributed by atoms with Gasteiger partial charge in [-0.05, 0) is 24.1 Å². The maximum absolute atomic E-state index is 13.2. The summed E-state index contributed by atoms with van der Waals surface area (Å²) in [6.07, 6.45) is 3.90. The summed E-state index contributed by atoms with van der Waals surface area (Å²) in [6, 6.07) is 7.75. The van der Waals surface area contributed by atoms with Gasteiger partial charge in [0.05, 0.1) is 17.0 Å². The lowest BCUT2D eigenvalue weighted by molar-refractivity contribution is -0.201. The number of ketones is 1. The summed E-state index contributed by atoms with van der Waals surface area (Å²) in [5.41, 5.74) is 1.38. The molecule has 4 bridgehead atoms. The summed E-state index contributed by atoms with van der Waals surface area (Å²) in [7, 11) is 0. The fourth-order valence-electron chi connectivity index (χ4n) is 5.94. The molecule has 0 saturated carbocycles. The maximum atomic E-state index is 13.2. The van der Waals surface area contributed by atoms with Gasteiger partial charge in [-0.1, -0.05) is 32.4 Å². The Morgan fingerprint density at radius 1 is 1.19 bits per heavy atom. The third-order valence-electron chi connectivity index (χ3n) is 6.63. The van der Waals surface area contributed by atoms with Gasteiger partial charge in [0, 0.05) is 37.8 Å². The first kappa shape index (κ1) is 16.2. The Bertz CT molecular complexity index is 893. The number of Topliss-reactive ketones (excluding diaryl/α,β-unsaturated/α-hetero) is 1. The van der Waals surface area contributed by atoms with Gasteiger partial charge in [0.1, 0.15) is 17.0 Å². The third-order valence-corrected chi connectivity index (χ3v) is 6.63. The zero-order valence-corrected chi connectivity index (χ0v) is 15.4. The van der Waals surface area contributed by atoms with E-state index in [2.05, 4.69) is 28.6 Å². The van der Waals surface area contributed by atoms with E-state index in [1.807, 2.05) is 18.2 Å². The lowest BCUT2D eigenvalue weighted by atomic mass is 9.59. The normalized spacial score (nSPS) is 38.2. The average Bonchev–Trinajstić information content (AvgIpc) is 2.61. The number of carbonyl (C=O) groups excluding carboxylic acids is 1. The Labute approximate surface area is 153 Å². The number of fused-ring (bicyclic) bond motifs is 1. The molecule has 5 heterocycles.